The number of rotatable bonds is 8. The minimum absolute atomic E-state index is 0.0264. The number of ether oxygens (including phenoxy) is 2. The van der Waals surface area contributed by atoms with Crippen molar-refractivity contribution in [2.45, 2.75) is 33.7 Å². The zero-order valence-electron chi connectivity index (χ0n) is 15.7. The van der Waals surface area contributed by atoms with E-state index >= 15 is 0 Å². The second kappa shape index (κ2) is 8.14. The van der Waals surface area contributed by atoms with Crippen LogP contribution in [0.25, 0.3) is 0 Å². The van der Waals surface area contributed by atoms with Gasteiger partial charge in [-0.3, -0.25) is 14.9 Å². The van der Waals surface area contributed by atoms with Gasteiger partial charge in [0, 0.05) is 30.1 Å². The zero-order chi connectivity index (χ0) is 19.4. The monoisotopic (exact) mass is 360 g/mol. The van der Waals surface area contributed by atoms with Gasteiger partial charge in [-0.05, 0) is 39.8 Å². The molecule has 1 unspecified atom stereocenters. The minimum atomic E-state index is -0.463. The first-order valence-electron chi connectivity index (χ1n) is 8.35. The molecule has 0 aliphatic carbocycles. The molecule has 1 atom stereocenters. The molecule has 2 rings (SSSR count). The van der Waals surface area contributed by atoms with E-state index in [1.807, 2.05) is 26.8 Å². The molecule has 0 saturated carbocycles. The Labute approximate surface area is 152 Å². The largest absolute Gasteiger partial charge is 0.485 e. The molecule has 26 heavy (non-hydrogen) atoms. The summed E-state index contributed by atoms with van der Waals surface area (Å²) in [4.78, 5) is 23.2. The zero-order valence-corrected chi connectivity index (χ0v) is 15.7. The van der Waals surface area contributed by atoms with Gasteiger partial charge in [-0.25, -0.2) is 0 Å². The minimum Gasteiger partial charge on any atom is -0.485 e. The fourth-order valence-corrected chi connectivity index (χ4v) is 3.23. The molecule has 7 heteroatoms. The molecular formula is C19H24N2O5. The summed E-state index contributed by atoms with van der Waals surface area (Å²) in [6.45, 7) is 7.85. The van der Waals surface area contributed by atoms with Gasteiger partial charge in [0.1, 0.15) is 5.75 Å². The van der Waals surface area contributed by atoms with Crippen LogP contribution in [-0.2, 0) is 4.74 Å². The molecule has 1 aromatic heterocycles. The number of carbonyl (C=O) groups excluding carboxylic acids is 1. The molecule has 0 aliphatic rings. The van der Waals surface area contributed by atoms with E-state index in [9.17, 15) is 14.9 Å². The van der Waals surface area contributed by atoms with Crippen LogP contribution >= 0.6 is 0 Å². The van der Waals surface area contributed by atoms with E-state index in [4.69, 9.17) is 9.47 Å². The van der Waals surface area contributed by atoms with Gasteiger partial charge < -0.3 is 14.0 Å². The van der Waals surface area contributed by atoms with Gasteiger partial charge in [0.15, 0.2) is 6.61 Å². The van der Waals surface area contributed by atoms with Gasteiger partial charge in [-0.1, -0.05) is 6.07 Å². The van der Waals surface area contributed by atoms with Gasteiger partial charge in [0.2, 0.25) is 5.78 Å². The van der Waals surface area contributed by atoms with Gasteiger partial charge in [0.05, 0.1) is 23.1 Å². The van der Waals surface area contributed by atoms with E-state index < -0.39 is 4.92 Å². The average Bonchev–Trinajstić information content (AvgIpc) is 2.88. The van der Waals surface area contributed by atoms with Crippen LogP contribution in [0.5, 0.6) is 5.75 Å². The fourth-order valence-electron chi connectivity index (χ4n) is 3.23. The van der Waals surface area contributed by atoms with Crippen LogP contribution in [0.4, 0.5) is 5.69 Å². The number of nitrogens with zero attached hydrogens (tertiary/aromatic N) is 2. The second-order valence-corrected chi connectivity index (χ2v) is 6.33. The van der Waals surface area contributed by atoms with E-state index in [1.165, 1.54) is 6.07 Å². The Morgan fingerprint density at radius 2 is 2.00 bits per heavy atom. The molecule has 7 nitrogen and oxygen atoms in total. The van der Waals surface area contributed by atoms with Crippen molar-refractivity contribution in [2.75, 3.05) is 20.3 Å². The average molecular weight is 360 g/mol. The highest BCUT2D eigenvalue weighted by Crippen LogP contribution is 2.27. The Kier molecular flexibility index (Phi) is 6.15. The van der Waals surface area contributed by atoms with Crippen LogP contribution in [0.1, 0.15) is 40.3 Å². The third kappa shape index (κ3) is 3.94. The molecule has 1 heterocycles. The molecule has 0 saturated heterocycles. The number of nitro benzene ring substituents is 1. The van der Waals surface area contributed by atoms with Crippen molar-refractivity contribution >= 4 is 11.5 Å². The van der Waals surface area contributed by atoms with Crippen molar-refractivity contribution in [3.63, 3.8) is 0 Å². The molecule has 0 spiro atoms. The third-order valence-corrected chi connectivity index (χ3v) is 4.44. The lowest BCUT2D eigenvalue weighted by atomic mass is 10.1. The molecule has 0 bridgehead atoms. The molecule has 140 valence electrons. The predicted molar refractivity (Wildman–Crippen MR) is 98.2 cm³/mol. The Balaban J connectivity index is 2.18. The highest BCUT2D eigenvalue weighted by atomic mass is 16.6. The number of hydrogen-bond acceptors (Lipinski definition) is 5. The fraction of sp³-hybridized carbons (Fsp3) is 0.421. The number of Topliss-reactive ketones (excluding diaryl/α,β-unsaturated/α-hetero) is 1. The molecule has 2 aromatic rings. The first-order valence-corrected chi connectivity index (χ1v) is 8.35. The number of ketones is 1. The molecule has 0 fully saturated rings. The Morgan fingerprint density at radius 1 is 1.31 bits per heavy atom. The highest BCUT2D eigenvalue weighted by Gasteiger charge is 2.20. The topological polar surface area (TPSA) is 83.6 Å². The summed E-state index contributed by atoms with van der Waals surface area (Å²) in [7, 11) is 1.64. The smallest absolute Gasteiger partial charge is 0.276 e. The number of aryl methyl sites for hydroxylation is 1. The van der Waals surface area contributed by atoms with Crippen molar-refractivity contribution in [1.82, 2.24) is 4.57 Å². The van der Waals surface area contributed by atoms with Crippen LogP contribution in [-0.4, -0.2) is 35.6 Å². The van der Waals surface area contributed by atoms with Crippen molar-refractivity contribution < 1.29 is 19.2 Å². The molecular weight excluding hydrogens is 336 g/mol. The van der Waals surface area contributed by atoms with Gasteiger partial charge in [0.25, 0.3) is 5.69 Å². The van der Waals surface area contributed by atoms with Crippen LogP contribution in [0.15, 0.2) is 24.3 Å². The molecule has 0 amide bonds. The lowest BCUT2D eigenvalue weighted by Gasteiger charge is -2.17. The van der Waals surface area contributed by atoms with E-state index in [2.05, 4.69) is 4.57 Å². The van der Waals surface area contributed by atoms with Crippen molar-refractivity contribution in [3.8, 4) is 5.75 Å². The number of carbonyl (C=O) groups is 1. The van der Waals surface area contributed by atoms with E-state index in [0.717, 1.165) is 11.4 Å². The SMILES string of the molecule is COCC(C)n1c(C)cc(C(=O)COc2cccc([N+](=O)[O-])c2C)c1C. The lowest BCUT2D eigenvalue weighted by molar-refractivity contribution is -0.385. The Hall–Kier alpha value is -2.67. The summed E-state index contributed by atoms with van der Waals surface area (Å²) < 4.78 is 12.8. The summed E-state index contributed by atoms with van der Waals surface area (Å²) >= 11 is 0. The van der Waals surface area contributed by atoms with Crippen molar-refractivity contribution in [1.29, 1.82) is 0 Å². The summed E-state index contributed by atoms with van der Waals surface area (Å²) in [5, 5.41) is 11.0. The van der Waals surface area contributed by atoms with Crippen molar-refractivity contribution in [2.24, 2.45) is 0 Å². The first kappa shape index (κ1) is 19.7. The van der Waals surface area contributed by atoms with Gasteiger partial charge in [-0.15, -0.1) is 0 Å². The van der Waals surface area contributed by atoms with Crippen molar-refractivity contribution in [3.05, 3.63) is 56.9 Å². The third-order valence-electron chi connectivity index (χ3n) is 4.44. The number of aromatic nitrogens is 1. The normalized spacial score (nSPS) is 12.0. The number of benzene rings is 1. The predicted octanol–water partition coefficient (Wildman–Crippen LogP) is 3.79. The van der Waals surface area contributed by atoms with Crippen LogP contribution in [0.2, 0.25) is 0 Å². The van der Waals surface area contributed by atoms with Crippen LogP contribution < -0.4 is 4.74 Å². The lowest BCUT2D eigenvalue weighted by Crippen LogP contribution is -2.16. The maximum Gasteiger partial charge on any atom is 0.276 e. The quantitative estimate of drug-likeness (QED) is 0.406. The number of hydrogen-bond donors (Lipinski definition) is 0. The highest BCUT2D eigenvalue weighted by molar-refractivity contribution is 5.98. The maximum absolute atomic E-state index is 12.6. The molecule has 1 aromatic carbocycles. The van der Waals surface area contributed by atoms with Crippen LogP contribution in [0.3, 0.4) is 0 Å². The first-order chi connectivity index (χ1) is 12.3. The molecule has 0 N–H and O–H groups in total. The summed E-state index contributed by atoms with van der Waals surface area (Å²) in [6, 6.07) is 6.53. The Morgan fingerprint density at radius 3 is 2.62 bits per heavy atom. The summed E-state index contributed by atoms with van der Waals surface area (Å²) in [5.74, 6) is 0.175. The second-order valence-electron chi connectivity index (χ2n) is 6.33. The summed E-state index contributed by atoms with van der Waals surface area (Å²) in [6.07, 6.45) is 0. The molecule has 0 aliphatic heterocycles. The van der Waals surface area contributed by atoms with Gasteiger partial charge >= 0.3 is 0 Å². The van der Waals surface area contributed by atoms with Crippen LogP contribution in [0, 0.1) is 30.9 Å². The van der Waals surface area contributed by atoms with Gasteiger partial charge in [-0.2, -0.15) is 0 Å². The summed E-state index contributed by atoms with van der Waals surface area (Å²) in [5.41, 5.74) is 2.80. The van der Waals surface area contributed by atoms with E-state index in [-0.39, 0.29) is 24.1 Å². The number of nitro groups is 1. The van der Waals surface area contributed by atoms with E-state index in [0.29, 0.717) is 23.5 Å². The Bertz CT molecular complexity index is 826. The standard InChI is InChI=1S/C19H24N2O5/c1-12-9-16(15(4)20(12)13(2)10-25-5)18(22)11-26-19-8-6-7-17(14(19)3)21(23)24/h6-9,13H,10-11H2,1-5H3. The number of methoxy groups -OCH3 is 1. The molecule has 0 radical (unpaired) electrons. The van der Waals surface area contributed by atoms with E-state index in [1.54, 1.807) is 26.2 Å². The maximum atomic E-state index is 12.6.